The summed E-state index contributed by atoms with van der Waals surface area (Å²) in [6, 6.07) is -2.31. The number of benzene rings is 3. The number of aromatic hydroxyl groups is 1. The zero-order valence-corrected chi connectivity index (χ0v) is 76.3. The van der Waals surface area contributed by atoms with E-state index >= 15 is 33.6 Å². The molecule has 8 rings (SSSR count). The van der Waals surface area contributed by atoms with Crippen molar-refractivity contribution in [3.05, 3.63) is 102 Å². The molecule has 3 saturated heterocycles. The van der Waals surface area contributed by atoms with Crippen LogP contribution in [0.5, 0.6) is 5.75 Å². The van der Waals surface area contributed by atoms with Gasteiger partial charge in [0.15, 0.2) is 5.96 Å². The SMILES string of the molecule is CCCC[C@H]1C(=O)N(C)[C@@H](CCCC)C(=O)N[C@@H](CCCNC(=N)N)C(=O)N[C@H](C(=O)NCC(N)=O)CSCC(=O)N[C@@H](Cc2ccc(O)cc2)C(=O)N(C)[C@@H](C)C(=O)N[C@@H](CCN)C(=O)N2CCC[C@H]2C(=O)N[C@@H](CN)C(=O)N[C@@H](CCCC(=O)O)C(=O)N2C[C@H](O)C[C@H]2C(=O)N[C@@H](Cc2c[nH]c3ccccc23)C(=O)N[C@@H](CO)C(=O)N[C@@H](Cc2c[nH]c3ccccc23)C(=O)N1C. The number of thioether (sulfide) groups is 1. The molecule has 0 saturated carbocycles. The van der Waals surface area contributed by atoms with Crippen molar-refractivity contribution < 1.29 is 102 Å². The first-order valence-electron chi connectivity index (χ1n) is 44.6. The van der Waals surface area contributed by atoms with Gasteiger partial charge in [-0.3, -0.25) is 86.9 Å². The molecule has 3 aromatic carbocycles. The van der Waals surface area contributed by atoms with Crippen LogP contribution in [0.4, 0.5) is 0 Å². The van der Waals surface area contributed by atoms with E-state index in [1.165, 1.54) is 52.3 Å². The minimum absolute atomic E-state index is 0.0131. The number of nitrogens with one attached hydrogen (secondary N) is 14. The standard InChI is InChI=1S/C88H127N23O21S/c1-7-9-24-67-80(125)99-58(23-16-34-94-88(92)93)76(121)106-66(75(120)97-43-71(91)115)46-133-47-72(116)98-62(36-49-28-30-52(113)31-29-49)83(128)107(4)48(3)74(119)100-60(32-33-89)85(130)110-35-17-26-68(110)81(126)104-64(40-90)78(123)101-59(22-15-27-73(117)118)86(131)111-44-53(114)39-70(111)82(127)102-61(37-50-41-95-56-20-13-11-18-54(50)56)77(122)105-65(45-112)79(124)103-63(38-51-42-96-57-21-14-12-19-55(51)57)84(129)109(6)69(25-10-8-2)87(132)108(67)5/h11-14,18-21,28-31,41-42,48,53,58-70,95-96,112-114H,7-10,15-17,22-27,32-40,43-47,89-90H2,1-6H3,(H2,91,115)(H,97,120)(H,98,116)(H,99,125)(H,100,119)(H,101,123)(H,102,127)(H,103,124)(H,104,126)(H,105,122)(H,106,121)(H,117,118)(H4,92,93,94)/t48-,53+,58-,59-,60-,61-,62-,63-,64-,65-,66-,67-,68-,69-,70-/m0/s1. The van der Waals surface area contributed by atoms with Gasteiger partial charge in [-0.15, -0.1) is 11.8 Å². The van der Waals surface area contributed by atoms with Gasteiger partial charge in [0, 0.05) is 119 Å². The fraction of sp³-hybridized carbons (Fsp3) is 0.545. The van der Waals surface area contributed by atoms with E-state index in [4.69, 9.17) is 28.3 Å². The van der Waals surface area contributed by atoms with Crippen LogP contribution in [-0.2, 0) is 101 Å². The number of unbranched alkanes of at least 4 members (excludes halogenated alkanes) is 2. The number of aromatic nitrogens is 2. The van der Waals surface area contributed by atoms with Crippen molar-refractivity contribution in [2.45, 2.75) is 227 Å². The number of carbonyl (C=O) groups is 17. The van der Waals surface area contributed by atoms with Crippen LogP contribution in [0.3, 0.4) is 0 Å². The van der Waals surface area contributed by atoms with E-state index in [0.29, 0.717) is 64.2 Å². The number of fused-ring (bicyclic) bond motifs is 4. The van der Waals surface area contributed by atoms with Crippen molar-refractivity contribution in [3.8, 4) is 5.75 Å². The maximum absolute atomic E-state index is 15.7. The second kappa shape index (κ2) is 51.1. The Hall–Kier alpha value is -13.0. The molecule has 0 bridgehead atoms. The van der Waals surface area contributed by atoms with Gasteiger partial charge in [-0.1, -0.05) is 88.1 Å². The molecule has 726 valence electrons. The molecule has 16 amide bonds. The minimum atomic E-state index is -1.92. The molecule has 5 aromatic rings. The molecule has 3 fully saturated rings. The van der Waals surface area contributed by atoms with Crippen molar-refractivity contribution in [2.75, 3.05) is 78.5 Å². The third-order valence-corrected chi connectivity index (χ3v) is 24.8. The number of hydrogen-bond acceptors (Lipinski definition) is 24. The summed E-state index contributed by atoms with van der Waals surface area (Å²) in [5.74, 6) is -18.0. The molecular formula is C88H127N23O21S. The second-order valence-corrected chi connectivity index (χ2v) is 34.5. The highest BCUT2D eigenvalue weighted by molar-refractivity contribution is 8.00. The Balaban J connectivity index is 1.19. The number of likely N-dealkylation sites (N-methyl/N-ethyl adjacent to an activating group) is 3. The van der Waals surface area contributed by atoms with Crippen LogP contribution in [0.2, 0.25) is 0 Å². The molecule has 15 atom stereocenters. The summed E-state index contributed by atoms with van der Waals surface area (Å²) < 4.78 is 0. The van der Waals surface area contributed by atoms with Gasteiger partial charge in [-0.05, 0) is 112 Å². The Morgan fingerprint density at radius 2 is 1.05 bits per heavy atom. The predicted octanol–water partition coefficient (Wildman–Crippen LogP) is -4.25. The summed E-state index contributed by atoms with van der Waals surface area (Å²) in [6.45, 7) is 1.69. The highest BCUT2D eigenvalue weighted by atomic mass is 32.2. The number of aliphatic hydroxyl groups excluding tert-OH is 2. The molecule has 0 unspecified atom stereocenters. The molecule has 0 aliphatic carbocycles. The molecular weight excluding hydrogens is 1750 g/mol. The Morgan fingerprint density at radius 3 is 1.66 bits per heavy atom. The van der Waals surface area contributed by atoms with Crippen molar-refractivity contribution in [2.24, 2.45) is 22.9 Å². The number of guanidine groups is 1. The number of nitrogens with two attached hydrogens (primary N) is 4. The largest absolute Gasteiger partial charge is 0.508 e. The molecule has 45 heteroatoms. The van der Waals surface area contributed by atoms with E-state index in [1.54, 1.807) is 60.9 Å². The van der Waals surface area contributed by atoms with Gasteiger partial charge < -0.3 is 136 Å². The van der Waals surface area contributed by atoms with Crippen LogP contribution in [0.1, 0.15) is 134 Å². The van der Waals surface area contributed by atoms with Crippen LogP contribution in [0.15, 0.2) is 85.2 Å². The van der Waals surface area contributed by atoms with E-state index in [9.17, 15) is 68.4 Å². The first-order chi connectivity index (χ1) is 63.4. The normalized spacial score (nSPS) is 24.9. The number of hydrogen-bond donors (Lipinski definition) is 22. The van der Waals surface area contributed by atoms with Crippen LogP contribution >= 0.6 is 11.8 Å². The molecule has 3 aliphatic rings. The number of aromatic amines is 2. The molecule has 3 aliphatic heterocycles. The highest BCUT2D eigenvalue weighted by Crippen LogP contribution is 2.28. The Bertz CT molecular complexity index is 4960. The number of para-hydroxylation sites is 2. The maximum Gasteiger partial charge on any atom is 0.303 e. The molecule has 0 spiro atoms. The lowest BCUT2D eigenvalue weighted by Gasteiger charge is -2.36. The number of phenols is 1. The van der Waals surface area contributed by atoms with Crippen LogP contribution in [0.25, 0.3) is 21.8 Å². The first kappa shape index (κ1) is 105. The molecule has 133 heavy (non-hydrogen) atoms. The second-order valence-electron chi connectivity index (χ2n) is 33.5. The topological polar surface area (TPSA) is 679 Å². The van der Waals surface area contributed by atoms with E-state index < -0.39 is 254 Å². The number of primary amides is 1. The fourth-order valence-electron chi connectivity index (χ4n) is 16.2. The fourth-order valence-corrected chi connectivity index (χ4v) is 17.1. The lowest BCUT2D eigenvalue weighted by Crippen LogP contribution is -2.62. The van der Waals surface area contributed by atoms with Gasteiger partial charge in [0.1, 0.15) is 90.3 Å². The van der Waals surface area contributed by atoms with Crippen molar-refractivity contribution >= 4 is 140 Å². The predicted molar refractivity (Wildman–Crippen MR) is 488 cm³/mol. The zero-order chi connectivity index (χ0) is 97.4. The molecule has 44 nitrogen and oxygen atoms in total. The van der Waals surface area contributed by atoms with E-state index in [1.807, 2.05) is 13.8 Å². The Morgan fingerprint density at radius 1 is 0.534 bits per heavy atom. The summed E-state index contributed by atoms with van der Waals surface area (Å²) in [7, 11) is 3.92. The van der Waals surface area contributed by atoms with Gasteiger partial charge in [-0.25, -0.2) is 0 Å². The minimum Gasteiger partial charge on any atom is -0.508 e. The summed E-state index contributed by atoms with van der Waals surface area (Å²) in [6.07, 6.45) is 0.620. The molecule has 26 N–H and O–H groups in total. The number of nitrogens with zero attached hydrogens (tertiary/aromatic N) is 5. The first-order valence-corrected chi connectivity index (χ1v) is 45.7. The number of carboxylic acid groups (broad SMARTS) is 1. The highest BCUT2D eigenvalue weighted by Gasteiger charge is 2.46. The lowest BCUT2D eigenvalue weighted by molar-refractivity contribution is -0.149. The molecule has 5 heterocycles. The van der Waals surface area contributed by atoms with Gasteiger partial charge >= 0.3 is 5.97 Å². The number of amides is 16. The maximum atomic E-state index is 15.7. The van der Waals surface area contributed by atoms with Crippen LogP contribution < -0.4 is 81.4 Å². The number of aliphatic hydroxyl groups is 2. The quantitative estimate of drug-likeness (QED) is 0.0134. The van der Waals surface area contributed by atoms with E-state index in [2.05, 4.69) is 68.5 Å². The summed E-state index contributed by atoms with van der Waals surface area (Å²) in [5.41, 5.74) is 25.8. The summed E-state index contributed by atoms with van der Waals surface area (Å²) in [4.78, 5) is 259. The third kappa shape index (κ3) is 29.7. The average Bonchev–Trinajstić information content (AvgIpc) is 1.77. The summed E-state index contributed by atoms with van der Waals surface area (Å²) >= 11 is 0.772. The van der Waals surface area contributed by atoms with Gasteiger partial charge in [0.25, 0.3) is 0 Å². The van der Waals surface area contributed by atoms with Crippen molar-refractivity contribution in [1.82, 2.24) is 93.0 Å². The zero-order valence-electron chi connectivity index (χ0n) is 75.5. The van der Waals surface area contributed by atoms with Crippen LogP contribution in [0, 0.1) is 5.41 Å². The summed E-state index contributed by atoms with van der Waals surface area (Å²) in [5, 5.41) is 80.2. The Kier molecular flexibility index (Phi) is 40.5. The smallest absolute Gasteiger partial charge is 0.303 e. The van der Waals surface area contributed by atoms with Crippen molar-refractivity contribution in [1.29, 1.82) is 5.41 Å². The van der Waals surface area contributed by atoms with Gasteiger partial charge in [0.05, 0.1) is 25.0 Å². The van der Waals surface area contributed by atoms with Gasteiger partial charge in [-0.2, -0.15) is 0 Å². The lowest BCUT2D eigenvalue weighted by atomic mass is 10.00. The van der Waals surface area contributed by atoms with E-state index in [0.717, 1.165) is 36.3 Å². The van der Waals surface area contributed by atoms with E-state index in [-0.39, 0.29) is 96.0 Å². The number of H-pyrrole nitrogens is 2. The van der Waals surface area contributed by atoms with Crippen molar-refractivity contribution in [3.63, 3.8) is 0 Å². The number of aliphatic carboxylic acids is 1. The molecule has 2 aromatic heterocycles. The third-order valence-electron chi connectivity index (χ3n) is 23.8. The molecule has 0 radical (unpaired) electrons. The number of rotatable bonds is 27. The average molecular weight is 1880 g/mol. The van der Waals surface area contributed by atoms with Crippen LogP contribution in [-0.4, -0.2) is 331 Å². The number of phenolic OH excluding ortho intramolecular Hbond substituents is 1. The number of carboxylic acids is 1. The number of carbonyl (C=O) groups excluding carboxylic acids is 16. The monoisotopic (exact) mass is 1870 g/mol. The Labute approximate surface area is 772 Å². The van der Waals surface area contributed by atoms with Gasteiger partial charge in [0.2, 0.25) is 94.5 Å².